The topological polar surface area (TPSA) is 83.8 Å². The predicted octanol–water partition coefficient (Wildman–Crippen LogP) is 1.03. The van der Waals surface area contributed by atoms with Gasteiger partial charge in [0.1, 0.15) is 0 Å². The van der Waals surface area contributed by atoms with E-state index in [1.165, 1.54) is 0 Å². The third kappa shape index (κ3) is 2.45. The van der Waals surface area contributed by atoms with Crippen molar-refractivity contribution in [2.75, 3.05) is 6.54 Å². The van der Waals surface area contributed by atoms with Gasteiger partial charge in [-0.3, -0.25) is 4.79 Å². The van der Waals surface area contributed by atoms with Crippen molar-refractivity contribution in [1.82, 2.24) is 15.3 Å². The summed E-state index contributed by atoms with van der Waals surface area (Å²) in [5.41, 5.74) is 7.47. The molecule has 0 saturated heterocycles. The molecule has 1 aromatic carbocycles. The van der Waals surface area contributed by atoms with Crippen molar-refractivity contribution < 1.29 is 4.79 Å². The van der Waals surface area contributed by atoms with E-state index in [4.69, 9.17) is 5.73 Å². The normalized spacial score (nSPS) is 11.7. The lowest BCUT2D eigenvalue weighted by molar-refractivity contribution is 0.0916. The van der Waals surface area contributed by atoms with Crippen molar-refractivity contribution >= 4 is 16.9 Å². The van der Waals surface area contributed by atoms with Gasteiger partial charge in [0.25, 0.3) is 5.91 Å². The van der Waals surface area contributed by atoms with Gasteiger partial charge in [0, 0.05) is 17.6 Å². The molecule has 1 aromatic heterocycles. The molecule has 4 N–H and O–H groups in total. The van der Waals surface area contributed by atoms with Crippen LogP contribution in [0.5, 0.6) is 0 Å². The first-order valence-corrected chi connectivity index (χ1v) is 5.47. The van der Waals surface area contributed by atoms with Gasteiger partial charge in [0.05, 0.1) is 17.4 Å². The van der Waals surface area contributed by atoms with Crippen LogP contribution in [0.3, 0.4) is 0 Å². The molecule has 0 atom stereocenters. The van der Waals surface area contributed by atoms with E-state index in [0.717, 1.165) is 11.0 Å². The lowest BCUT2D eigenvalue weighted by Crippen LogP contribution is -2.48. The van der Waals surface area contributed by atoms with Gasteiger partial charge in [-0.25, -0.2) is 4.98 Å². The minimum atomic E-state index is -0.403. The Morgan fingerprint density at radius 3 is 3.00 bits per heavy atom. The summed E-state index contributed by atoms with van der Waals surface area (Å²) in [6.45, 7) is 4.17. The second-order valence-electron chi connectivity index (χ2n) is 4.68. The molecule has 0 aliphatic rings. The fourth-order valence-corrected chi connectivity index (χ4v) is 1.51. The van der Waals surface area contributed by atoms with E-state index in [-0.39, 0.29) is 5.91 Å². The molecule has 0 aliphatic carbocycles. The molecule has 0 radical (unpaired) electrons. The average Bonchev–Trinajstić information content (AvgIpc) is 2.75. The molecule has 5 heteroatoms. The highest BCUT2D eigenvalue weighted by atomic mass is 16.1. The number of aromatic nitrogens is 2. The lowest BCUT2D eigenvalue weighted by Gasteiger charge is -2.24. The van der Waals surface area contributed by atoms with Crippen LogP contribution >= 0.6 is 0 Å². The predicted molar refractivity (Wildman–Crippen MR) is 66.7 cm³/mol. The number of H-pyrrole nitrogens is 1. The summed E-state index contributed by atoms with van der Waals surface area (Å²) in [6, 6.07) is 5.35. The molecule has 5 nitrogen and oxygen atoms in total. The quantitative estimate of drug-likeness (QED) is 0.739. The summed E-state index contributed by atoms with van der Waals surface area (Å²) >= 11 is 0. The summed E-state index contributed by atoms with van der Waals surface area (Å²) < 4.78 is 0. The molecular formula is C12H16N4O. The largest absolute Gasteiger partial charge is 0.346 e. The maximum Gasteiger partial charge on any atom is 0.251 e. The number of rotatable bonds is 3. The zero-order valence-corrected chi connectivity index (χ0v) is 9.95. The van der Waals surface area contributed by atoms with Crippen LogP contribution in [-0.2, 0) is 0 Å². The third-order valence-corrected chi connectivity index (χ3v) is 2.64. The molecule has 90 valence electrons. The molecule has 0 bridgehead atoms. The number of aromatic amines is 1. The Morgan fingerprint density at radius 2 is 2.29 bits per heavy atom. The van der Waals surface area contributed by atoms with Gasteiger partial charge < -0.3 is 16.0 Å². The van der Waals surface area contributed by atoms with Crippen molar-refractivity contribution in [2.45, 2.75) is 19.4 Å². The number of hydrogen-bond donors (Lipinski definition) is 3. The number of nitrogens with two attached hydrogens (primary N) is 1. The maximum absolute atomic E-state index is 12.0. The zero-order chi connectivity index (χ0) is 12.5. The van der Waals surface area contributed by atoms with E-state index in [1.807, 2.05) is 19.9 Å². The van der Waals surface area contributed by atoms with Crippen molar-refractivity contribution in [3.8, 4) is 0 Å². The summed E-state index contributed by atoms with van der Waals surface area (Å²) in [6.07, 6.45) is 1.61. The number of hydrogen-bond acceptors (Lipinski definition) is 3. The number of amides is 1. The van der Waals surface area contributed by atoms with Crippen LogP contribution in [0.4, 0.5) is 0 Å². The van der Waals surface area contributed by atoms with Crippen LogP contribution in [0.1, 0.15) is 24.2 Å². The van der Waals surface area contributed by atoms with Crippen molar-refractivity contribution in [1.29, 1.82) is 0 Å². The van der Waals surface area contributed by atoms with Crippen LogP contribution in [0.2, 0.25) is 0 Å². The Kier molecular flexibility index (Phi) is 2.85. The summed E-state index contributed by atoms with van der Waals surface area (Å²) in [5.74, 6) is -0.128. The molecular weight excluding hydrogens is 216 g/mol. The molecule has 17 heavy (non-hydrogen) atoms. The van der Waals surface area contributed by atoms with E-state index in [1.54, 1.807) is 18.5 Å². The molecule has 0 saturated carbocycles. The number of nitrogens with one attached hydrogen (secondary N) is 2. The first-order chi connectivity index (χ1) is 8.02. The van der Waals surface area contributed by atoms with E-state index >= 15 is 0 Å². The molecule has 1 heterocycles. The van der Waals surface area contributed by atoms with Crippen molar-refractivity contribution in [3.05, 3.63) is 30.1 Å². The van der Waals surface area contributed by atoms with Gasteiger partial charge in [-0.05, 0) is 32.0 Å². The fraction of sp³-hybridized carbons (Fsp3) is 0.333. The smallest absolute Gasteiger partial charge is 0.251 e. The fourth-order valence-electron chi connectivity index (χ4n) is 1.51. The summed E-state index contributed by atoms with van der Waals surface area (Å²) in [4.78, 5) is 19.1. The molecule has 1 amide bonds. The Bertz CT molecular complexity index is 544. The Hall–Kier alpha value is -1.88. The maximum atomic E-state index is 12.0. The molecule has 0 unspecified atom stereocenters. The van der Waals surface area contributed by atoms with Gasteiger partial charge in [0.2, 0.25) is 0 Å². The number of carbonyl (C=O) groups is 1. The van der Waals surface area contributed by atoms with E-state index in [9.17, 15) is 4.79 Å². The van der Waals surface area contributed by atoms with Crippen LogP contribution < -0.4 is 11.1 Å². The first kappa shape index (κ1) is 11.6. The zero-order valence-electron chi connectivity index (χ0n) is 9.95. The van der Waals surface area contributed by atoms with E-state index < -0.39 is 5.54 Å². The Labute approximate surface area is 99.4 Å². The first-order valence-electron chi connectivity index (χ1n) is 5.47. The van der Waals surface area contributed by atoms with Gasteiger partial charge in [-0.1, -0.05) is 0 Å². The molecule has 0 fully saturated rings. The number of benzene rings is 1. The minimum absolute atomic E-state index is 0.128. The highest BCUT2D eigenvalue weighted by molar-refractivity contribution is 5.97. The Morgan fingerprint density at radius 1 is 1.53 bits per heavy atom. The number of nitrogens with zero attached hydrogens (tertiary/aromatic N) is 1. The molecule has 0 spiro atoms. The van der Waals surface area contributed by atoms with Crippen molar-refractivity contribution in [3.63, 3.8) is 0 Å². The van der Waals surface area contributed by atoms with Crippen LogP contribution in [0, 0.1) is 0 Å². The van der Waals surface area contributed by atoms with Crippen LogP contribution in [0.25, 0.3) is 11.0 Å². The number of fused-ring (bicyclic) bond motifs is 1. The number of carbonyl (C=O) groups excluding carboxylic acids is 1. The lowest BCUT2D eigenvalue weighted by atomic mass is 10.1. The van der Waals surface area contributed by atoms with Crippen molar-refractivity contribution in [2.24, 2.45) is 5.73 Å². The SMILES string of the molecule is CC(C)(CN)NC(=O)c1ccc2nc[nH]c2c1. The highest BCUT2D eigenvalue weighted by Crippen LogP contribution is 2.12. The van der Waals surface area contributed by atoms with Gasteiger partial charge in [-0.2, -0.15) is 0 Å². The second kappa shape index (κ2) is 4.18. The number of imidazole rings is 1. The third-order valence-electron chi connectivity index (χ3n) is 2.64. The monoisotopic (exact) mass is 232 g/mol. The van der Waals surface area contributed by atoms with E-state index in [2.05, 4.69) is 15.3 Å². The van der Waals surface area contributed by atoms with Crippen LogP contribution in [-0.4, -0.2) is 28.0 Å². The standard InChI is InChI=1S/C12H16N4O/c1-12(2,6-13)16-11(17)8-3-4-9-10(5-8)15-7-14-9/h3-5,7H,6,13H2,1-2H3,(H,14,15)(H,16,17). The minimum Gasteiger partial charge on any atom is -0.346 e. The average molecular weight is 232 g/mol. The second-order valence-corrected chi connectivity index (χ2v) is 4.68. The highest BCUT2D eigenvalue weighted by Gasteiger charge is 2.19. The molecule has 0 aliphatic heterocycles. The molecule has 2 rings (SSSR count). The van der Waals surface area contributed by atoms with Gasteiger partial charge in [-0.15, -0.1) is 0 Å². The Balaban J connectivity index is 2.24. The van der Waals surface area contributed by atoms with E-state index in [0.29, 0.717) is 12.1 Å². The van der Waals surface area contributed by atoms with Gasteiger partial charge in [0.15, 0.2) is 0 Å². The van der Waals surface area contributed by atoms with Gasteiger partial charge >= 0.3 is 0 Å². The summed E-state index contributed by atoms with van der Waals surface area (Å²) in [5, 5.41) is 2.88. The van der Waals surface area contributed by atoms with Crippen LogP contribution in [0.15, 0.2) is 24.5 Å². The summed E-state index contributed by atoms with van der Waals surface area (Å²) in [7, 11) is 0. The molecule has 2 aromatic rings.